The smallest absolute Gasteiger partial charge is 0.0186 e. The summed E-state index contributed by atoms with van der Waals surface area (Å²) in [7, 11) is 0. The molecule has 0 aromatic heterocycles. The molecule has 0 amide bonds. The van der Waals surface area contributed by atoms with Crippen LogP contribution in [0.5, 0.6) is 0 Å². The van der Waals surface area contributed by atoms with Gasteiger partial charge >= 0.3 is 0 Å². The molecule has 2 saturated carbocycles. The number of rotatable bonds is 6. The SMILES string of the molecule is CCNC(CSC1CCCC1)C1CCCCCC1. The van der Waals surface area contributed by atoms with Crippen LogP contribution in [-0.2, 0) is 0 Å². The molecule has 2 aliphatic carbocycles. The maximum absolute atomic E-state index is 3.78. The fourth-order valence-electron chi connectivity index (χ4n) is 3.63. The van der Waals surface area contributed by atoms with Gasteiger partial charge in [-0.1, -0.05) is 45.4 Å². The zero-order valence-corrected chi connectivity index (χ0v) is 12.9. The predicted octanol–water partition coefficient (Wildman–Crippen LogP) is 4.61. The van der Waals surface area contributed by atoms with E-state index < -0.39 is 0 Å². The number of nitrogens with one attached hydrogen (secondary N) is 1. The van der Waals surface area contributed by atoms with Gasteiger partial charge in [0.1, 0.15) is 0 Å². The molecule has 2 rings (SSSR count). The van der Waals surface area contributed by atoms with Gasteiger partial charge in [0.05, 0.1) is 0 Å². The van der Waals surface area contributed by atoms with Crippen LogP contribution in [0.3, 0.4) is 0 Å². The fraction of sp³-hybridized carbons (Fsp3) is 1.00. The fourth-order valence-corrected chi connectivity index (χ4v) is 5.17. The van der Waals surface area contributed by atoms with Crippen LogP contribution in [0.25, 0.3) is 0 Å². The molecule has 2 aliphatic rings. The highest BCUT2D eigenvalue weighted by Crippen LogP contribution is 2.32. The van der Waals surface area contributed by atoms with Crippen LogP contribution in [-0.4, -0.2) is 23.6 Å². The molecule has 1 nitrogen and oxygen atoms in total. The first-order valence-electron chi connectivity index (χ1n) is 8.25. The van der Waals surface area contributed by atoms with Crippen LogP contribution in [0, 0.1) is 5.92 Å². The first-order valence-corrected chi connectivity index (χ1v) is 9.30. The second-order valence-corrected chi connectivity index (χ2v) is 7.49. The predicted molar refractivity (Wildman–Crippen MR) is 83.4 cm³/mol. The molecule has 0 saturated heterocycles. The van der Waals surface area contributed by atoms with Gasteiger partial charge in [0.25, 0.3) is 0 Å². The Labute approximate surface area is 118 Å². The van der Waals surface area contributed by atoms with Crippen molar-refractivity contribution < 1.29 is 0 Å². The Hall–Kier alpha value is 0.310. The van der Waals surface area contributed by atoms with Gasteiger partial charge in [-0.05, 0) is 38.1 Å². The van der Waals surface area contributed by atoms with Crippen molar-refractivity contribution in [1.82, 2.24) is 5.32 Å². The van der Waals surface area contributed by atoms with E-state index in [0.29, 0.717) is 0 Å². The minimum absolute atomic E-state index is 0.790. The summed E-state index contributed by atoms with van der Waals surface area (Å²) in [4.78, 5) is 0. The molecule has 1 N–H and O–H groups in total. The Morgan fingerprint density at radius 1 is 0.944 bits per heavy atom. The molecule has 0 spiro atoms. The maximum Gasteiger partial charge on any atom is 0.0186 e. The van der Waals surface area contributed by atoms with Crippen molar-refractivity contribution >= 4 is 11.8 Å². The van der Waals surface area contributed by atoms with E-state index in [1.165, 1.54) is 70.0 Å². The summed E-state index contributed by atoms with van der Waals surface area (Å²) in [6, 6.07) is 0.790. The van der Waals surface area contributed by atoms with Crippen molar-refractivity contribution in [3.63, 3.8) is 0 Å². The number of hydrogen-bond acceptors (Lipinski definition) is 2. The standard InChI is InChI=1S/C16H31NS/c1-2-17-16(13-18-15-11-7-8-12-15)14-9-5-3-4-6-10-14/h14-17H,2-13H2,1H3. The maximum atomic E-state index is 3.78. The van der Waals surface area contributed by atoms with Crippen molar-refractivity contribution in [2.24, 2.45) is 5.92 Å². The molecule has 0 bridgehead atoms. The molecule has 0 aliphatic heterocycles. The summed E-state index contributed by atoms with van der Waals surface area (Å²) in [6.07, 6.45) is 14.8. The summed E-state index contributed by atoms with van der Waals surface area (Å²) >= 11 is 2.27. The normalized spacial score (nSPS) is 25.2. The van der Waals surface area contributed by atoms with Crippen LogP contribution in [0.2, 0.25) is 0 Å². The molecular formula is C16H31NS. The average molecular weight is 269 g/mol. The summed E-state index contributed by atoms with van der Waals surface area (Å²) in [6.45, 7) is 3.41. The van der Waals surface area contributed by atoms with Crippen molar-refractivity contribution in [3.05, 3.63) is 0 Å². The summed E-state index contributed by atoms with van der Waals surface area (Å²) in [5, 5.41) is 4.77. The minimum atomic E-state index is 0.790. The molecule has 18 heavy (non-hydrogen) atoms. The van der Waals surface area contributed by atoms with E-state index >= 15 is 0 Å². The average Bonchev–Trinajstić information content (AvgIpc) is 2.75. The van der Waals surface area contributed by atoms with Gasteiger partial charge in [-0.2, -0.15) is 11.8 Å². The van der Waals surface area contributed by atoms with Gasteiger partial charge in [-0.3, -0.25) is 0 Å². The van der Waals surface area contributed by atoms with Crippen LogP contribution in [0.1, 0.15) is 71.1 Å². The van der Waals surface area contributed by atoms with Gasteiger partial charge < -0.3 is 5.32 Å². The first-order chi connectivity index (χ1) is 8.90. The van der Waals surface area contributed by atoms with Crippen LogP contribution >= 0.6 is 11.8 Å². The lowest BCUT2D eigenvalue weighted by atomic mass is 9.93. The molecule has 106 valence electrons. The third-order valence-corrected chi connectivity index (χ3v) is 6.24. The highest BCUT2D eigenvalue weighted by molar-refractivity contribution is 7.99. The van der Waals surface area contributed by atoms with Crippen molar-refractivity contribution in [1.29, 1.82) is 0 Å². The molecule has 0 radical (unpaired) electrons. The molecule has 0 heterocycles. The molecule has 2 fully saturated rings. The Morgan fingerprint density at radius 3 is 2.17 bits per heavy atom. The van der Waals surface area contributed by atoms with E-state index in [9.17, 15) is 0 Å². The monoisotopic (exact) mass is 269 g/mol. The lowest BCUT2D eigenvalue weighted by Crippen LogP contribution is -2.38. The van der Waals surface area contributed by atoms with Gasteiger partial charge in [0, 0.05) is 17.0 Å². The van der Waals surface area contributed by atoms with E-state index in [1.54, 1.807) is 0 Å². The second kappa shape index (κ2) is 8.47. The second-order valence-electron chi connectivity index (χ2n) is 6.16. The van der Waals surface area contributed by atoms with Gasteiger partial charge in [-0.25, -0.2) is 0 Å². The lowest BCUT2D eigenvalue weighted by molar-refractivity contribution is 0.347. The summed E-state index contributed by atoms with van der Waals surface area (Å²) in [5.74, 6) is 2.32. The molecule has 0 aromatic carbocycles. The van der Waals surface area contributed by atoms with Crippen LogP contribution in [0.4, 0.5) is 0 Å². The van der Waals surface area contributed by atoms with Gasteiger partial charge in [0.2, 0.25) is 0 Å². The third kappa shape index (κ3) is 4.77. The summed E-state index contributed by atoms with van der Waals surface area (Å²) in [5.41, 5.74) is 0. The minimum Gasteiger partial charge on any atom is -0.313 e. The number of hydrogen-bond donors (Lipinski definition) is 1. The van der Waals surface area contributed by atoms with Crippen molar-refractivity contribution in [2.45, 2.75) is 82.4 Å². The van der Waals surface area contributed by atoms with E-state index in [4.69, 9.17) is 0 Å². The highest BCUT2D eigenvalue weighted by atomic mass is 32.2. The van der Waals surface area contributed by atoms with E-state index in [0.717, 1.165) is 23.8 Å². The largest absolute Gasteiger partial charge is 0.313 e. The Balaban J connectivity index is 1.77. The Kier molecular flexibility index (Phi) is 6.93. The summed E-state index contributed by atoms with van der Waals surface area (Å²) < 4.78 is 0. The Bertz CT molecular complexity index is 205. The van der Waals surface area contributed by atoms with Crippen molar-refractivity contribution in [2.75, 3.05) is 12.3 Å². The van der Waals surface area contributed by atoms with E-state index in [2.05, 4.69) is 24.0 Å². The van der Waals surface area contributed by atoms with Gasteiger partial charge in [0.15, 0.2) is 0 Å². The third-order valence-electron chi connectivity index (χ3n) is 4.75. The van der Waals surface area contributed by atoms with Gasteiger partial charge in [-0.15, -0.1) is 0 Å². The number of thioether (sulfide) groups is 1. The molecular weight excluding hydrogens is 238 g/mol. The van der Waals surface area contributed by atoms with Crippen molar-refractivity contribution in [3.8, 4) is 0 Å². The lowest BCUT2D eigenvalue weighted by Gasteiger charge is -2.27. The van der Waals surface area contributed by atoms with Crippen LogP contribution < -0.4 is 5.32 Å². The Morgan fingerprint density at radius 2 is 1.56 bits per heavy atom. The van der Waals surface area contributed by atoms with E-state index in [1.807, 2.05) is 0 Å². The zero-order chi connectivity index (χ0) is 12.6. The molecule has 1 atom stereocenters. The van der Waals surface area contributed by atoms with Crippen LogP contribution in [0.15, 0.2) is 0 Å². The molecule has 0 aromatic rings. The quantitative estimate of drug-likeness (QED) is 0.707. The van der Waals surface area contributed by atoms with E-state index in [-0.39, 0.29) is 0 Å². The molecule has 2 heteroatoms. The first kappa shape index (κ1) is 14.7. The highest BCUT2D eigenvalue weighted by Gasteiger charge is 2.24. The topological polar surface area (TPSA) is 12.0 Å². The zero-order valence-electron chi connectivity index (χ0n) is 12.1. The molecule has 1 unspecified atom stereocenters.